The number of hydrogen-bond donors (Lipinski definition) is 1. The highest BCUT2D eigenvalue weighted by Crippen LogP contribution is 2.46. The van der Waals surface area contributed by atoms with E-state index in [1.165, 1.54) is 12.8 Å². The van der Waals surface area contributed by atoms with Crippen LogP contribution in [0, 0.1) is 5.41 Å². The van der Waals surface area contributed by atoms with Crippen molar-refractivity contribution in [2.75, 3.05) is 33.2 Å². The molecule has 0 aromatic heterocycles. The monoisotopic (exact) mass is 204 g/mol. The standard InChI is InChI=1S/C10H18F2N2/c1-13-6-9(2-3-9)7-14-5-4-10(11,12)8-14/h13H,2-8H2,1H3. The summed E-state index contributed by atoms with van der Waals surface area (Å²) in [6, 6.07) is 0. The van der Waals surface area contributed by atoms with E-state index in [-0.39, 0.29) is 13.0 Å². The molecule has 2 nitrogen and oxygen atoms in total. The minimum Gasteiger partial charge on any atom is -0.319 e. The molecule has 1 aliphatic heterocycles. The average molecular weight is 204 g/mol. The maximum Gasteiger partial charge on any atom is 0.261 e. The number of halogens is 2. The Balaban J connectivity index is 1.82. The first-order chi connectivity index (χ1) is 6.55. The summed E-state index contributed by atoms with van der Waals surface area (Å²) in [5.74, 6) is -2.43. The molecule has 2 aliphatic rings. The third-order valence-electron chi connectivity index (χ3n) is 3.32. The summed E-state index contributed by atoms with van der Waals surface area (Å²) in [4.78, 5) is 1.92. The number of hydrogen-bond acceptors (Lipinski definition) is 2. The van der Waals surface area contributed by atoms with Crippen LogP contribution >= 0.6 is 0 Å². The molecule has 1 heterocycles. The van der Waals surface area contributed by atoms with E-state index in [1.54, 1.807) is 0 Å². The van der Waals surface area contributed by atoms with Gasteiger partial charge in [-0.25, -0.2) is 8.78 Å². The van der Waals surface area contributed by atoms with Gasteiger partial charge >= 0.3 is 0 Å². The van der Waals surface area contributed by atoms with Crippen LogP contribution in [0.25, 0.3) is 0 Å². The van der Waals surface area contributed by atoms with Gasteiger partial charge in [0, 0.05) is 26.1 Å². The molecular weight excluding hydrogens is 186 g/mol. The molecule has 14 heavy (non-hydrogen) atoms. The minimum atomic E-state index is -2.43. The Bertz CT molecular complexity index is 214. The van der Waals surface area contributed by atoms with Gasteiger partial charge in [0.15, 0.2) is 0 Å². The molecule has 0 spiro atoms. The van der Waals surface area contributed by atoms with Crippen LogP contribution in [-0.2, 0) is 0 Å². The Labute approximate surface area is 83.7 Å². The first kappa shape index (κ1) is 10.3. The van der Waals surface area contributed by atoms with E-state index in [4.69, 9.17) is 0 Å². The van der Waals surface area contributed by atoms with Gasteiger partial charge in [0.05, 0.1) is 6.54 Å². The third kappa shape index (κ3) is 2.23. The lowest BCUT2D eigenvalue weighted by atomic mass is 10.1. The van der Waals surface area contributed by atoms with E-state index < -0.39 is 5.92 Å². The van der Waals surface area contributed by atoms with Gasteiger partial charge in [0.1, 0.15) is 0 Å². The topological polar surface area (TPSA) is 15.3 Å². The number of nitrogens with zero attached hydrogens (tertiary/aromatic N) is 1. The zero-order valence-electron chi connectivity index (χ0n) is 8.65. The van der Waals surface area contributed by atoms with Crippen LogP contribution < -0.4 is 5.32 Å². The summed E-state index contributed by atoms with van der Waals surface area (Å²) in [6.07, 6.45) is 2.43. The Morgan fingerprint density at radius 2 is 2.00 bits per heavy atom. The summed E-state index contributed by atoms with van der Waals surface area (Å²) in [5.41, 5.74) is 0.315. The maximum absolute atomic E-state index is 12.9. The van der Waals surface area contributed by atoms with Crippen LogP contribution in [0.2, 0.25) is 0 Å². The zero-order chi connectivity index (χ0) is 10.2. The van der Waals surface area contributed by atoms with Gasteiger partial charge in [0.2, 0.25) is 0 Å². The van der Waals surface area contributed by atoms with Crippen molar-refractivity contribution in [2.24, 2.45) is 5.41 Å². The Kier molecular flexibility index (Phi) is 2.52. The lowest BCUT2D eigenvalue weighted by Crippen LogP contribution is -2.35. The van der Waals surface area contributed by atoms with E-state index >= 15 is 0 Å². The van der Waals surface area contributed by atoms with Crippen molar-refractivity contribution in [1.82, 2.24) is 10.2 Å². The molecular formula is C10H18F2N2. The van der Waals surface area contributed by atoms with Crippen molar-refractivity contribution >= 4 is 0 Å². The van der Waals surface area contributed by atoms with E-state index in [0.717, 1.165) is 13.1 Å². The van der Waals surface area contributed by atoms with Crippen molar-refractivity contribution in [1.29, 1.82) is 0 Å². The summed E-state index contributed by atoms with van der Waals surface area (Å²) in [7, 11) is 1.93. The number of likely N-dealkylation sites (tertiary alicyclic amines) is 1. The van der Waals surface area contributed by atoms with Gasteiger partial charge in [-0.3, -0.25) is 4.90 Å². The molecule has 1 aliphatic carbocycles. The van der Waals surface area contributed by atoms with Gasteiger partial charge in [-0.05, 0) is 25.3 Å². The smallest absolute Gasteiger partial charge is 0.261 e. The summed E-state index contributed by atoms with van der Waals surface area (Å²) >= 11 is 0. The van der Waals surface area contributed by atoms with Gasteiger partial charge < -0.3 is 5.32 Å². The van der Waals surface area contributed by atoms with Crippen LogP contribution in [0.5, 0.6) is 0 Å². The fraction of sp³-hybridized carbons (Fsp3) is 1.00. The average Bonchev–Trinajstić information content (AvgIpc) is 2.73. The van der Waals surface area contributed by atoms with Gasteiger partial charge in [0.25, 0.3) is 5.92 Å². The van der Waals surface area contributed by atoms with Crippen LogP contribution in [-0.4, -0.2) is 44.0 Å². The highest BCUT2D eigenvalue weighted by atomic mass is 19.3. The molecule has 0 aromatic carbocycles. The maximum atomic E-state index is 12.9. The predicted molar refractivity (Wildman–Crippen MR) is 51.6 cm³/mol. The molecule has 1 saturated carbocycles. The zero-order valence-corrected chi connectivity index (χ0v) is 8.65. The highest BCUT2D eigenvalue weighted by Gasteiger charge is 2.47. The highest BCUT2D eigenvalue weighted by molar-refractivity contribution is 4.98. The second kappa shape index (κ2) is 3.42. The Morgan fingerprint density at radius 1 is 1.29 bits per heavy atom. The molecule has 4 heteroatoms. The summed E-state index contributed by atoms with van der Waals surface area (Å²) in [6.45, 7) is 2.36. The van der Waals surface area contributed by atoms with Crippen molar-refractivity contribution in [3.63, 3.8) is 0 Å². The van der Waals surface area contributed by atoms with E-state index in [9.17, 15) is 8.78 Å². The molecule has 1 N–H and O–H groups in total. The third-order valence-corrected chi connectivity index (χ3v) is 3.32. The van der Waals surface area contributed by atoms with Crippen LogP contribution in [0.3, 0.4) is 0 Å². The van der Waals surface area contributed by atoms with Gasteiger partial charge in [-0.1, -0.05) is 0 Å². The van der Waals surface area contributed by atoms with Crippen molar-refractivity contribution in [3.8, 4) is 0 Å². The van der Waals surface area contributed by atoms with Crippen LogP contribution in [0.4, 0.5) is 8.78 Å². The number of alkyl halides is 2. The first-order valence-electron chi connectivity index (χ1n) is 5.30. The quantitative estimate of drug-likeness (QED) is 0.743. The molecule has 0 radical (unpaired) electrons. The molecule has 0 amide bonds. The molecule has 2 rings (SSSR count). The van der Waals surface area contributed by atoms with Gasteiger partial charge in [-0.2, -0.15) is 0 Å². The molecule has 0 unspecified atom stereocenters. The lowest BCUT2D eigenvalue weighted by molar-refractivity contribution is 0.0104. The normalized spacial score (nSPS) is 29.4. The van der Waals surface area contributed by atoms with Crippen LogP contribution in [0.1, 0.15) is 19.3 Å². The largest absolute Gasteiger partial charge is 0.319 e. The minimum absolute atomic E-state index is 0.0293. The van der Waals surface area contributed by atoms with Crippen molar-refractivity contribution in [3.05, 3.63) is 0 Å². The summed E-state index contributed by atoms with van der Waals surface area (Å²) < 4.78 is 25.8. The second-order valence-electron chi connectivity index (χ2n) is 4.85. The SMILES string of the molecule is CNCC1(CN2CCC(F)(F)C2)CC1. The fourth-order valence-electron chi connectivity index (χ4n) is 2.36. The second-order valence-corrected chi connectivity index (χ2v) is 4.85. The number of nitrogens with one attached hydrogen (secondary N) is 1. The van der Waals surface area contributed by atoms with E-state index in [2.05, 4.69) is 5.32 Å². The fourth-order valence-corrected chi connectivity index (χ4v) is 2.36. The predicted octanol–water partition coefficient (Wildman–Crippen LogP) is 1.33. The molecule has 82 valence electrons. The molecule has 0 atom stereocenters. The molecule has 0 bridgehead atoms. The first-order valence-corrected chi connectivity index (χ1v) is 5.30. The molecule has 1 saturated heterocycles. The van der Waals surface area contributed by atoms with Gasteiger partial charge in [-0.15, -0.1) is 0 Å². The summed E-state index contributed by atoms with van der Waals surface area (Å²) in [5, 5.41) is 3.15. The molecule has 0 aromatic rings. The van der Waals surface area contributed by atoms with E-state index in [1.807, 2.05) is 11.9 Å². The van der Waals surface area contributed by atoms with Crippen molar-refractivity contribution in [2.45, 2.75) is 25.2 Å². The van der Waals surface area contributed by atoms with E-state index in [0.29, 0.717) is 12.0 Å². The Hall–Kier alpha value is -0.220. The Morgan fingerprint density at radius 3 is 2.43 bits per heavy atom. The van der Waals surface area contributed by atoms with Crippen molar-refractivity contribution < 1.29 is 8.78 Å². The molecule has 2 fully saturated rings. The number of rotatable bonds is 4. The lowest BCUT2D eigenvalue weighted by Gasteiger charge is -2.22. The van der Waals surface area contributed by atoms with Crippen LogP contribution in [0.15, 0.2) is 0 Å².